The summed E-state index contributed by atoms with van der Waals surface area (Å²) in [6.07, 6.45) is 1.52. The van der Waals surface area contributed by atoms with Crippen molar-refractivity contribution in [2.45, 2.75) is 6.92 Å². The van der Waals surface area contributed by atoms with E-state index in [2.05, 4.69) is 10.1 Å². The number of nitrogens with zero attached hydrogens (tertiary/aromatic N) is 3. The molecule has 5 nitrogen and oxygen atoms in total. The molecule has 1 aromatic heterocycles. The van der Waals surface area contributed by atoms with Crippen molar-refractivity contribution in [2.75, 3.05) is 10.7 Å². The Morgan fingerprint density at radius 1 is 1.15 bits per heavy atom. The largest absolute Gasteiger partial charge is 0.397 e. The molecule has 0 bridgehead atoms. The van der Waals surface area contributed by atoms with E-state index in [-0.39, 0.29) is 11.8 Å². The number of aromatic nitrogens is 1. The number of hydrogen-bond donors (Lipinski definition) is 1. The van der Waals surface area contributed by atoms with E-state index in [1.54, 1.807) is 12.1 Å². The minimum Gasteiger partial charge on any atom is -0.397 e. The lowest BCUT2D eigenvalue weighted by molar-refractivity contribution is -0.119. The molecule has 1 aliphatic rings. The minimum atomic E-state index is -0.281. The molecule has 1 aromatic carbocycles. The number of nitrogens with two attached hydrogens (primary N) is 1. The fourth-order valence-corrected chi connectivity index (χ4v) is 2.15. The van der Waals surface area contributed by atoms with Crippen molar-refractivity contribution in [1.82, 2.24) is 4.98 Å². The van der Waals surface area contributed by atoms with Crippen molar-refractivity contribution < 1.29 is 4.79 Å². The standard InChI is InChI=1S/C15H14N4O/c1-10-14(11-5-3-2-4-6-11)18-19(15(10)20)13-8-7-12(16)9-17-13/h2-10H,16H2,1H3. The molecule has 0 spiro atoms. The van der Waals surface area contributed by atoms with E-state index in [9.17, 15) is 4.79 Å². The fourth-order valence-electron chi connectivity index (χ4n) is 2.15. The maximum absolute atomic E-state index is 12.3. The van der Waals surface area contributed by atoms with Gasteiger partial charge in [-0.2, -0.15) is 10.1 Å². The Hall–Kier alpha value is -2.69. The third kappa shape index (κ3) is 2.03. The lowest BCUT2D eigenvalue weighted by Gasteiger charge is -2.11. The molecule has 3 rings (SSSR count). The van der Waals surface area contributed by atoms with Crippen molar-refractivity contribution in [1.29, 1.82) is 0 Å². The summed E-state index contributed by atoms with van der Waals surface area (Å²) >= 11 is 0. The molecule has 0 aliphatic carbocycles. The van der Waals surface area contributed by atoms with E-state index in [0.717, 1.165) is 11.3 Å². The second-order valence-electron chi connectivity index (χ2n) is 4.67. The molecule has 0 saturated heterocycles. The summed E-state index contributed by atoms with van der Waals surface area (Å²) in [5, 5.41) is 5.76. The van der Waals surface area contributed by atoms with Gasteiger partial charge in [0.15, 0.2) is 5.82 Å². The van der Waals surface area contributed by atoms with Crippen LogP contribution < -0.4 is 10.7 Å². The fraction of sp³-hybridized carbons (Fsp3) is 0.133. The first-order chi connectivity index (χ1) is 9.66. The van der Waals surface area contributed by atoms with Crippen LogP contribution in [0.25, 0.3) is 0 Å². The van der Waals surface area contributed by atoms with E-state index in [1.807, 2.05) is 37.3 Å². The summed E-state index contributed by atoms with van der Waals surface area (Å²) in [5.74, 6) is 0.125. The van der Waals surface area contributed by atoms with Crippen LogP contribution in [0.4, 0.5) is 11.5 Å². The summed E-state index contributed by atoms with van der Waals surface area (Å²) < 4.78 is 0. The second-order valence-corrected chi connectivity index (χ2v) is 4.67. The molecule has 0 radical (unpaired) electrons. The van der Waals surface area contributed by atoms with Crippen molar-refractivity contribution in [3.05, 3.63) is 54.2 Å². The average molecular weight is 266 g/mol. The van der Waals surface area contributed by atoms with Crippen LogP contribution in [0.2, 0.25) is 0 Å². The quantitative estimate of drug-likeness (QED) is 0.904. The molecule has 0 saturated carbocycles. The van der Waals surface area contributed by atoms with Gasteiger partial charge in [0.05, 0.1) is 23.5 Å². The predicted octanol–water partition coefficient (Wildman–Crippen LogP) is 2.05. The van der Waals surface area contributed by atoms with Gasteiger partial charge in [0, 0.05) is 0 Å². The molecular weight excluding hydrogens is 252 g/mol. The first-order valence-corrected chi connectivity index (χ1v) is 6.36. The molecule has 2 aromatic rings. The molecule has 100 valence electrons. The van der Waals surface area contributed by atoms with Gasteiger partial charge in [-0.3, -0.25) is 4.79 Å². The van der Waals surface area contributed by atoms with Gasteiger partial charge in [-0.25, -0.2) is 4.98 Å². The second kappa shape index (κ2) is 4.77. The van der Waals surface area contributed by atoms with Crippen LogP contribution in [0.5, 0.6) is 0 Å². The van der Waals surface area contributed by atoms with Crippen molar-refractivity contribution in [2.24, 2.45) is 11.0 Å². The number of hydrogen-bond acceptors (Lipinski definition) is 4. The molecule has 5 heteroatoms. The van der Waals surface area contributed by atoms with Gasteiger partial charge in [0.2, 0.25) is 0 Å². The first-order valence-electron chi connectivity index (χ1n) is 6.36. The Kier molecular flexibility index (Phi) is 2.95. The normalized spacial score (nSPS) is 18.2. The van der Waals surface area contributed by atoms with Crippen LogP contribution in [0.1, 0.15) is 12.5 Å². The summed E-state index contributed by atoms with van der Waals surface area (Å²) in [4.78, 5) is 16.5. The van der Waals surface area contributed by atoms with Crippen LogP contribution >= 0.6 is 0 Å². The van der Waals surface area contributed by atoms with E-state index >= 15 is 0 Å². The molecule has 1 aliphatic heterocycles. The smallest absolute Gasteiger partial charge is 0.257 e. The highest BCUT2D eigenvalue weighted by Crippen LogP contribution is 2.25. The third-order valence-electron chi connectivity index (χ3n) is 3.25. The number of anilines is 2. The molecule has 2 N–H and O–H groups in total. The zero-order valence-corrected chi connectivity index (χ0v) is 11.0. The summed E-state index contributed by atoms with van der Waals surface area (Å²) in [7, 11) is 0. The number of pyridine rings is 1. The van der Waals surface area contributed by atoms with Crippen molar-refractivity contribution >= 4 is 23.1 Å². The van der Waals surface area contributed by atoms with Crippen LogP contribution in [0, 0.1) is 5.92 Å². The van der Waals surface area contributed by atoms with Crippen LogP contribution in [-0.2, 0) is 4.79 Å². The van der Waals surface area contributed by atoms with E-state index in [0.29, 0.717) is 11.5 Å². The van der Waals surface area contributed by atoms with Gasteiger partial charge in [-0.1, -0.05) is 30.3 Å². The zero-order chi connectivity index (χ0) is 14.1. The Morgan fingerprint density at radius 2 is 1.90 bits per heavy atom. The highest BCUT2D eigenvalue weighted by atomic mass is 16.2. The van der Waals surface area contributed by atoms with E-state index in [1.165, 1.54) is 11.2 Å². The first kappa shape index (κ1) is 12.3. The monoisotopic (exact) mass is 266 g/mol. The summed E-state index contributed by atoms with van der Waals surface area (Å²) in [6.45, 7) is 1.85. The number of nitrogen functional groups attached to an aromatic ring is 1. The molecule has 1 atom stereocenters. The van der Waals surface area contributed by atoms with E-state index < -0.39 is 0 Å². The van der Waals surface area contributed by atoms with Crippen LogP contribution in [0.15, 0.2) is 53.8 Å². The number of amides is 1. The van der Waals surface area contributed by atoms with Gasteiger partial charge >= 0.3 is 0 Å². The topological polar surface area (TPSA) is 71.6 Å². The molecule has 20 heavy (non-hydrogen) atoms. The predicted molar refractivity (Wildman–Crippen MR) is 78.3 cm³/mol. The Labute approximate surface area is 116 Å². The molecule has 1 amide bonds. The van der Waals surface area contributed by atoms with Gasteiger partial charge in [-0.05, 0) is 24.6 Å². The highest BCUT2D eigenvalue weighted by molar-refractivity contribution is 6.21. The molecule has 1 unspecified atom stereocenters. The van der Waals surface area contributed by atoms with Crippen molar-refractivity contribution in [3.8, 4) is 0 Å². The number of rotatable bonds is 2. The maximum Gasteiger partial charge on any atom is 0.257 e. The Balaban J connectivity index is 1.99. The van der Waals surface area contributed by atoms with Crippen molar-refractivity contribution in [3.63, 3.8) is 0 Å². The number of benzene rings is 1. The number of hydrazone groups is 1. The van der Waals surface area contributed by atoms with Gasteiger partial charge < -0.3 is 5.73 Å². The zero-order valence-electron chi connectivity index (χ0n) is 11.0. The van der Waals surface area contributed by atoms with Gasteiger partial charge in [-0.15, -0.1) is 0 Å². The molecular formula is C15H14N4O. The van der Waals surface area contributed by atoms with Crippen LogP contribution in [0.3, 0.4) is 0 Å². The van der Waals surface area contributed by atoms with Gasteiger partial charge in [0.1, 0.15) is 0 Å². The molecule has 2 heterocycles. The molecule has 0 fully saturated rings. The number of carbonyl (C=O) groups excluding carboxylic acids is 1. The Morgan fingerprint density at radius 3 is 2.55 bits per heavy atom. The third-order valence-corrected chi connectivity index (χ3v) is 3.25. The van der Waals surface area contributed by atoms with Crippen LogP contribution in [-0.4, -0.2) is 16.6 Å². The summed E-state index contributed by atoms with van der Waals surface area (Å²) in [5.41, 5.74) is 7.87. The lowest BCUT2D eigenvalue weighted by Crippen LogP contribution is -2.26. The van der Waals surface area contributed by atoms with E-state index in [4.69, 9.17) is 5.73 Å². The van der Waals surface area contributed by atoms with Gasteiger partial charge in [0.25, 0.3) is 5.91 Å². The summed E-state index contributed by atoms with van der Waals surface area (Å²) in [6, 6.07) is 13.1. The SMILES string of the molecule is CC1C(=O)N(c2ccc(N)cn2)N=C1c1ccccc1. The lowest BCUT2D eigenvalue weighted by atomic mass is 9.99. The minimum absolute atomic E-state index is 0.0823. The Bertz CT molecular complexity index is 664. The average Bonchev–Trinajstić information content (AvgIpc) is 2.77. The number of carbonyl (C=O) groups is 1. The highest BCUT2D eigenvalue weighted by Gasteiger charge is 2.34. The maximum atomic E-state index is 12.3.